The van der Waals surface area contributed by atoms with Crippen molar-refractivity contribution in [3.63, 3.8) is 0 Å². The molecule has 3 rings (SSSR count). The minimum atomic E-state index is -0.389. The van der Waals surface area contributed by atoms with E-state index in [-0.39, 0.29) is 11.5 Å². The van der Waals surface area contributed by atoms with Crippen LogP contribution in [0.25, 0.3) is 6.08 Å². The first-order chi connectivity index (χ1) is 14.7. The zero-order valence-electron chi connectivity index (χ0n) is 16.6. The molecule has 0 fully saturated rings. The van der Waals surface area contributed by atoms with E-state index in [1.807, 2.05) is 54.8 Å². The molecule has 30 heavy (non-hydrogen) atoms. The maximum Gasteiger partial charge on any atom is 0.262 e. The first-order valence-corrected chi connectivity index (χ1v) is 10.4. The summed E-state index contributed by atoms with van der Waals surface area (Å²) in [5.74, 6) is 1.16. The molecule has 0 aliphatic heterocycles. The maximum absolute atomic E-state index is 12.2. The van der Waals surface area contributed by atoms with Crippen LogP contribution in [-0.4, -0.2) is 19.1 Å². The summed E-state index contributed by atoms with van der Waals surface area (Å²) in [5, 5.41) is 14.0. The van der Waals surface area contributed by atoms with Gasteiger partial charge in [0.2, 0.25) is 0 Å². The molecule has 152 valence electrons. The van der Waals surface area contributed by atoms with Crippen molar-refractivity contribution in [1.82, 2.24) is 5.32 Å². The molecule has 1 heterocycles. The van der Waals surface area contributed by atoms with E-state index in [9.17, 15) is 10.1 Å². The van der Waals surface area contributed by atoms with Crippen LogP contribution in [-0.2, 0) is 11.3 Å². The molecule has 0 saturated heterocycles. The number of carbonyl (C=O) groups excluding carboxylic acids is 1. The third-order valence-electron chi connectivity index (χ3n) is 4.26. The molecule has 3 aromatic rings. The van der Waals surface area contributed by atoms with Crippen LogP contribution in [0.4, 0.5) is 0 Å². The Morgan fingerprint density at radius 2 is 1.83 bits per heavy atom. The largest absolute Gasteiger partial charge is 0.490 e. The van der Waals surface area contributed by atoms with Gasteiger partial charge in [0.15, 0.2) is 0 Å². The highest BCUT2D eigenvalue weighted by atomic mass is 32.1. The summed E-state index contributed by atoms with van der Waals surface area (Å²) in [5.41, 5.74) is 1.90. The number of rotatable bonds is 9. The van der Waals surface area contributed by atoms with Crippen LogP contribution in [0, 0.1) is 18.3 Å². The van der Waals surface area contributed by atoms with Crippen molar-refractivity contribution in [3.8, 4) is 17.6 Å². The number of ether oxygens (including phenoxy) is 2. The van der Waals surface area contributed by atoms with Crippen molar-refractivity contribution in [3.05, 3.63) is 87.6 Å². The lowest BCUT2D eigenvalue weighted by molar-refractivity contribution is -0.117. The van der Waals surface area contributed by atoms with Crippen molar-refractivity contribution in [2.45, 2.75) is 13.5 Å². The van der Waals surface area contributed by atoms with E-state index in [0.29, 0.717) is 25.5 Å². The van der Waals surface area contributed by atoms with Gasteiger partial charge in [-0.25, -0.2) is 0 Å². The fraction of sp³-hybridized carbons (Fsp3) is 0.167. The molecule has 0 atom stereocenters. The molecule has 1 aromatic heterocycles. The lowest BCUT2D eigenvalue weighted by Crippen LogP contribution is -2.23. The molecular weight excluding hydrogens is 396 g/mol. The van der Waals surface area contributed by atoms with E-state index in [0.717, 1.165) is 21.8 Å². The molecule has 1 amide bonds. The van der Waals surface area contributed by atoms with Crippen LogP contribution in [0.2, 0.25) is 0 Å². The Labute approximate surface area is 180 Å². The highest BCUT2D eigenvalue weighted by Gasteiger charge is 2.09. The zero-order valence-corrected chi connectivity index (χ0v) is 17.4. The molecule has 0 bridgehead atoms. The van der Waals surface area contributed by atoms with Crippen LogP contribution >= 0.6 is 11.3 Å². The minimum absolute atomic E-state index is 0.0619. The van der Waals surface area contributed by atoms with Gasteiger partial charge in [-0.05, 0) is 53.8 Å². The Bertz CT molecular complexity index is 1040. The number of carbonyl (C=O) groups is 1. The molecule has 0 radical (unpaired) electrons. The smallest absolute Gasteiger partial charge is 0.262 e. The van der Waals surface area contributed by atoms with Gasteiger partial charge in [-0.3, -0.25) is 4.79 Å². The van der Waals surface area contributed by atoms with Crippen molar-refractivity contribution in [1.29, 1.82) is 5.26 Å². The quantitative estimate of drug-likeness (QED) is 0.310. The molecule has 1 N–H and O–H groups in total. The SMILES string of the molecule is Cc1ccccc1OCCOc1ccc(/C=C(\C#N)C(=O)NCc2cccs2)cc1. The summed E-state index contributed by atoms with van der Waals surface area (Å²) in [6.07, 6.45) is 1.56. The molecule has 2 aromatic carbocycles. The van der Waals surface area contributed by atoms with Gasteiger partial charge in [-0.1, -0.05) is 36.4 Å². The highest BCUT2D eigenvalue weighted by molar-refractivity contribution is 7.09. The van der Waals surface area contributed by atoms with Crippen molar-refractivity contribution >= 4 is 23.3 Å². The number of amides is 1. The second-order valence-electron chi connectivity index (χ2n) is 6.46. The van der Waals surface area contributed by atoms with Crippen LogP contribution in [0.1, 0.15) is 16.0 Å². The topological polar surface area (TPSA) is 71.3 Å². The maximum atomic E-state index is 12.2. The molecule has 0 aliphatic carbocycles. The van der Waals surface area contributed by atoms with E-state index in [1.165, 1.54) is 0 Å². The van der Waals surface area contributed by atoms with Crippen LogP contribution < -0.4 is 14.8 Å². The van der Waals surface area contributed by atoms with Crippen LogP contribution in [0.15, 0.2) is 71.6 Å². The summed E-state index contributed by atoms with van der Waals surface area (Å²) in [7, 11) is 0. The van der Waals surface area contributed by atoms with Gasteiger partial charge < -0.3 is 14.8 Å². The van der Waals surface area contributed by atoms with Crippen molar-refractivity contribution in [2.24, 2.45) is 0 Å². The molecule has 0 aliphatic rings. The molecule has 6 heteroatoms. The van der Waals surface area contributed by atoms with Gasteiger partial charge in [0.25, 0.3) is 5.91 Å². The predicted octanol–water partition coefficient (Wildman–Crippen LogP) is 4.74. The molecular formula is C24H22N2O3S. The molecule has 0 saturated carbocycles. The molecule has 0 unspecified atom stereocenters. The van der Waals surface area contributed by atoms with E-state index in [2.05, 4.69) is 5.32 Å². The summed E-state index contributed by atoms with van der Waals surface area (Å²) in [4.78, 5) is 13.3. The van der Waals surface area contributed by atoms with Gasteiger partial charge in [0, 0.05) is 4.88 Å². The number of nitrogens with one attached hydrogen (secondary N) is 1. The van der Waals surface area contributed by atoms with E-state index < -0.39 is 0 Å². The Hall–Kier alpha value is -3.56. The summed E-state index contributed by atoms with van der Waals surface area (Å²) in [6, 6.07) is 20.9. The lowest BCUT2D eigenvalue weighted by atomic mass is 10.1. The number of para-hydroxylation sites is 1. The van der Waals surface area contributed by atoms with E-state index in [1.54, 1.807) is 41.7 Å². The Morgan fingerprint density at radius 3 is 2.53 bits per heavy atom. The monoisotopic (exact) mass is 418 g/mol. The Kier molecular flexibility index (Phi) is 7.64. The number of thiophene rings is 1. The number of aryl methyl sites for hydroxylation is 1. The van der Waals surface area contributed by atoms with E-state index in [4.69, 9.17) is 9.47 Å². The number of nitrogens with zero attached hydrogens (tertiary/aromatic N) is 1. The third kappa shape index (κ3) is 6.23. The first-order valence-electron chi connectivity index (χ1n) is 9.49. The normalized spacial score (nSPS) is 10.9. The van der Waals surface area contributed by atoms with Gasteiger partial charge >= 0.3 is 0 Å². The average molecular weight is 419 g/mol. The third-order valence-corrected chi connectivity index (χ3v) is 5.14. The van der Waals surface area contributed by atoms with Gasteiger partial charge in [-0.15, -0.1) is 11.3 Å². The standard InChI is InChI=1S/C24H22N2O3S/c1-18-5-2-3-7-23(18)29-13-12-28-21-10-8-19(9-11-21)15-20(16-25)24(27)26-17-22-6-4-14-30-22/h2-11,14-15H,12-13,17H2,1H3,(H,26,27)/b20-15+. The summed E-state index contributed by atoms with van der Waals surface area (Å²) in [6.45, 7) is 3.26. The predicted molar refractivity (Wildman–Crippen MR) is 118 cm³/mol. The van der Waals surface area contributed by atoms with Gasteiger partial charge in [0.05, 0.1) is 6.54 Å². The van der Waals surface area contributed by atoms with Crippen molar-refractivity contribution < 1.29 is 14.3 Å². The molecule has 0 spiro atoms. The lowest BCUT2D eigenvalue weighted by Gasteiger charge is -2.10. The fourth-order valence-electron chi connectivity index (χ4n) is 2.68. The average Bonchev–Trinajstić information content (AvgIpc) is 3.29. The van der Waals surface area contributed by atoms with Gasteiger partial charge in [0.1, 0.15) is 36.4 Å². The molecule has 5 nitrogen and oxygen atoms in total. The number of hydrogen-bond acceptors (Lipinski definition) is 5. The fourth-order valence-corrected chi connectivity index (χ4v) is 3.33. The highest BCUT2D eigenvalue weighted by Crippen LogP contribution is 2.17. The number of benzene rings is 2. The van der Waals surface area contributed by atoms with Gasteiger partial charge in [-0.2, -0.15) is 5.26 Å². The van der Waals surface area contributed by atoms with E-state index >= 15 is 0 Å². The Morgan fingerprint density at radius 1 is 1.07 bits per heavy atom. The number of hydrogen-bond donors (Lipinski definition) is 1. The second-order valence-corrected chi connectivity index (χ2v) is 7.50. The minimum Gasteiger partial charge on any atom is -0.490 e. The first kappa shape index (κ1) is 21.2. The van der Waals surface area contributed by atoms with Crippen molar-refractivity contribution in [2.75, 3.05) is 13.2 Å². The van der Waals surface area contributed by atoms with Crippen LogP contribution in [0.3, 0.4) is 0 Å². The zero-order chi connectivity index (χ0) is 21.2. The second kappa shape index (κ2) is 10.8. The summed E-state index contributed by atoms with van der Waals surface area (Å²) >= 11 is 1.56. The number of nitriles is 1. The Balaban J connectivity index is 1.49. The summed E-state index contributed by atoms with van der Waals surface area (Å²) < 4.78 is 11.4. The van der Waals surface area contributed by atoms with Crippen LogP contribution in [0.5, 0.6) is 11.5 Å².